The molecule has 10 aromatic carbocycles. The van der Waals surface area contributed by atoms with E-state index in [4.69, 9.17) is 0 Å². The van der Waals surface area contributed by atoms with Gasteiger partial charge in [0.15, 0.2) is 0 Å². The normalized spacial score (nSPS) is 13.9. The molecule has 0 spiro atoms. The van der Waals surface area contributed by atoms with Crippen LogP contribution >= 0.6 is 0 Å². The predicted octanol–water partition coefficient (Wildman–Crippen LogP) is 17.7. The summed E-state index contributed by atoms with van der Waals surface area (Å²) in [5, 5.41) is 5.13. The average molecular weight is 847 g/mol. The molecule has 66 heavy (non-hydrogen) atoms. The molecular formula is C64H50N2. The second-order valence-electron chi connectivity index (χ2n) is 19.0. The van der Waals surface area contributed by atoms with Gasteiger partial charge in [-0.3, -0.25) is 0 Å². The fourth-order valence-electron chi connectivity index (χ4n) is 11.2. The summed E-state index contributed by atoms with van der Waals surface area (Å²) in [7, 11) is 0. The van der Waals surface area contributed by atoms with Gasteiger partial charge in [-0.1, -0.05) is 179 Å². The molecule has 2 aliphatic rings. The van der Waals surface area contributed by atoms with Gasteiger partial charge in [0.05, 0.1) is 0 Å². The van der Waals surface area contributed by atoms with E-state index in [2.05, 4.69) is 268 Å². The molecule has 0 fully saturated rings. The fraction of sp³-hybridized carbons (Fsp3) is 0.0938. The van der Waals surface area contributed by atoms with Crippen LogP contribution in [0.1, 0.15) is 61.1 Å². The minimum atomic E-state index is -0.208. The van der Waals surface area contributed by atoms with Crippen LogP contribution in [0.25, 0.3) is 56.0 Å². The van der Waals surface area contributed by atoms with Crippen molar-refractivity contribution in [2.24, 2.45) is 0 Å². The van der Waals surface area contributed by atoms with Crippen molar-refractivity contribution in [3.63, 3.8) is 0 Å². The van der Waals surface area contributed by atoms with Crippen molar-refractivity contribution in [2.75, 3.05) is 9.80 Å². The molecule has 0 N–H and O–H groups in total. The molecule has 0 aromatic heterocycles. The lowest BCUT2D eigenvalue weighted by atomic mass is 9.79. The van der Waals surface area contributed by atoms with Gasteiger partial charge in [-0.25, -0.2) is 0 Å². The van der Waals surface area contributed by atoms with E-state index in [1.54, 1.807) is 0 Å². The number of fused-ring (bicyclic) bond motifs is 10. The van der Waals surface area contributed by atoms with Gasteiger partial charge in [0.25, 0.3) is 0 Å². The first kappa shape index (κ1) is 39.6. The molecule has 0 heterocycles. The Morgan fingerprint density at radius 3 is 1.44 bits per heavy atom. The topological polar surface area (TPSA) is 6.48 Å². The van der Waals surface area contributed by atoms with Crippen molar-refractivity contribution in [3.05, 3.63) is 252 Å². The summed E-state index contributed by atoms with van der Waals surface area (Å²) in [5.74, 6) is 0. The number of para-hydroxylation sites is 4. The zero-order valence-corrected chi connectivity index (χ0v) is 37.8. The quantitative estimate of drug-likeness (QED) is 0.141. The summed E-state index contributed by atoms with van der Waals surface area (Å²) in [5.41, 5.74) is 19.8. The average Bonchev–Trinajstić information content (AvgIpc) is 3.73. The number of nitrogens with zero attached hydrogens (tertiary/aromatic N) is 2. The van der Waals surface area contributed by atoms with Crippen molar-refractivity contribution in [3.8, 4) is 22.3 Å². The Kier molecular flexibility index (Phi) is 9.22. The van der Waals surface area contributed by atoms with Gasteiger partial charge in [-0.2, -0.15) is 0 Å². The molecular weight excluding hydrogens is 797 g/mol. The minimum Gasteiger partial charge on any atom is -0.310 e. The zero-order valence-electron chi connectivity index (χ0n) is 37.8. The maximum absolute atomic E-state index is 2.46. The Labute approximate surface area is 388 Å². The first-order valence-electron chi connectivity index (χ1n) is 23.2. The fourth-order valence-corrected chi connectivity index (χ4v) is 11.2. The summed E-state index contributed by atoms with van der Waals surface area (Å²) in [4.78, 5) is 4.71. The number of hydrogen-bond acceptors (Lipinski definition) is 2. The summed E-state index contributed by atoms with van der Waals surface area (Å²) in [6.07, 6.45) is 4.67. The highest BCUT2D eigenvalue weighted by molar-refractivity contribution is 6.07. The number of rotatable bonds is 8. The first-order valence-corrected chi connectivity index (χ1v) is 23.2. The molecule has 0 amide bonds. The lowest BCUT2D eigenvalue weighted by molar-refractivity contribution is 0.660. The summed E-state index contributed by atoms with van der Waals surface area (Å²) >= 11 is 0. The van der Waals surface area contributed by atoms with E-state index in [9.17, 15) is 0 Å². The third-order valence-electron chi connectivity index (χ3n) is 14.4. The lowest BCUT2D eigenvalue weighted by Gasteiger charge is -2.28. The molecule has 12 rings (SSSR count). The standard InChI is InChI=1S/C64H50N2/c1-63(2)59-42-51(66(48-23-13-7-14-24-48)49-25-15-8-16-26-49)34-38-57(59)61-55-28-18-17-27-52(55)45(41-60(61)63)31-29-43-30-35-54-56-36-32-44-40-50(33-37-53(44)62(56)64(3,4)58(54)39-43)65(46-19-9-5-10-20-46)47-21-11-6-12-22-47/h5-42H,1-4H3/b31-29+. The molecule has 0 unspecified atom stereocenters. The third kappa shape index (κ3) is 6.31. The summed E-state index contributed by atoms with van der Waals surface area (Å²) < 4.78 is 0. The lowest BCUT2D eigenvalue weighted by Crippen LogP contribution is -2.16. The van der Waals surface area contributed by atoms with Crippen LogP contribution in [0, 0.1) is 0 Å². The van der Waals surface area contributed by atoms with Gasteiger partial charge in [0.1, 0.15) is 0 Å². The van der Waals surface area contributed by atoms with E-state index in [1.807, 2.05) is 0 Å². The van der Waals surface area contributed by atoms with E-state index in [1.165, 1.54) is 77.2 Å². The van der Waals surface area contributed by atoms with E-state index < -0.39 is 0 Å². The highest BCUT2D eigenvalue weighted by Crippen LogP contribution is 2.55. The molecule has 0 saturated carbocycles. The molecule has 0 aliphatic heterocycles. The Balaban J connectivity index is 0.895. The predicted molar refractivity (Wildman–Crippen MR) is 281 cm³/mol. The van der Waals surface area contributed by atoms with Crippen molar-refractivity contribution < 1.29 is 0 Å². The van der Waals surface area contributed by atoms with Crippen LogP contribution in [-0.4, -0.2) is 0 Å². The Morgan fingerprint density at radius 2 is 0.833 bits per heavy atom. The Morgan fingerprint density at radius 1 is 0.333 bits per heavy atom. The van der Waals surface area contributed by atoms with Crippen LogP contribution in [0.3, 0.4) is 0 Å². The molecule has 2 aliphatic carbocycles. The Hall–Kier alpha value is -7.94. The second kappa shape index (κ2) is 15.4. The highest BCUT2D eigenvalue weighted by atomic mass is 15.1. The van der Waals surface area contributed by atoms with E-state index in [0.29, 0.717) is 0 Å². The number of hydrogen-bond donors (Lipinski definition) is 0. The van der Waals surface area contributed by atoms with Crippen LogP contribution in [0.2, 0.25) is 0 Å². The molecule has 10 aromatic rings. The van der Waals surface area contributed by atoms with Gasteiger partial charge in [0, 0.05) is 45.0 Å². The molecule has 0 bridgehead atoms. The third-order valence-corrected chi connectivity index (χ3v) is 14.4. The van der Waals surface area contributed by atoms with E-state index in [0.717, 1.165) is 34.1 Å². The number of benzene rings is 10. The van der Waals surface area contributed by atoms with E-state index >= 15 is 0 Å². The molecule has 0 radical (unpaired) electrons. The minimum absolute atomic E-state index is 0.181. The SMILES string of the molecule is CC1(C)c2cc(N(c3ccccc3)c3ccccc3)ccc2-c2c1cc(/C=C/c1ccc3c(c1)C(C)(C)c1c-3ccc3cc(N(c4ccccc4)c4ccccc4)ccc13)c1ccccc21. The van der Waals surface area contributed by atoms with Crippen molar-refractivity contribution in [1.82, 2.24) is 0 Å². The van der Waals surface area contributed by atoms with Gasteiger partial charge in [-0.15, -0.1) is 0 Å². The van der Waals surface area contributed by atoms with Crippen LogP contribution in [0.15, 0.2) is 218 Å². The molecule has 316 valence electrons. The summed E-state index contributed by atoms with van der Waals surface area (Å²) in [6.45, 7) is 9.59. The monoisotopic (exact) mass is 846 g/mol. The van der Waals surface area contributed by atoms with Gasteiger partial charge in [-0.05, 0) is 156 Å². The van der Waals surface area contributed by atoms with Crippen LogP contribution in [-0.2, 0) is 10.8 Å². The van der Waals surface area contributed by atoms with Crippen molar-refractivity contribution >= 4 is 67.8 Å². The van der Waals surface area contributed by atoms with Gasteiger partial charge in [0.2, 0.25) is 0 Å². The molecule has 2 heteroatoms. The van der Waals surface area contributed by atoms with Crippen LogP contribution in [0.5, 0.6) is 0 Å². The van der Waals surface area contributed by atoms with Crippen molar-refractivity contribution in [1.29, 1.82) is 0 Å². The van der Waals surface area contributed by atoms with Gasteiger partial charge < -0.3 is 9.80 Å². The molecule has 0 saturated heterocycles. The Bertz CT molecular complexity index is 3430. The zero-order chi connectivity index (χ0) is 44.6. The van der Waals surface area contributed by atoms with Crippen molar-refractivity contribution in [2.45, 2.75) is 38.5 Å². The summed E-state index contributed by atoms with van der Waals surface area (Å²) in [6, 6.07) is 80.0. The first-order chi connectivity index (χ1) is 32.3. The second-order valence-corrected chi connectivity index (χ2v) is 19.0. The maximum atomic E-state index is 2.46. The van der Waals surface area contributed by atoms with Crippen LogP contribution < -0.4 is 9.80 Å². The van der Waals surface area contributed by atoms with Crippen LogP contribution in [0.4, 0.5) is 34.1 Å². The largest absolute Gasteiger partial charge is 0.310 e. The highest BCUT2D eigenvalue weighted by Gasteiger charge is 2.39. The molecule has 2 nitrogen and oxygen atoms in total. The van der Waals surface area contributed by atoms with E-state index in [-0.39, 0.29) is 10.8 Å². The van der Waals surface area contributed by atoms with Gasteiger partial charge >= 0.3 is 0 Å². The molecule has 0 atom stereocenters. The smallest absolute Gasteiger partial charge is 0.0468 e. The maximum Gasteiger partial charge on any atom is 0.0468 e. The number of anilines is 6.